The molecule has 0 spiro atoms. The second-order valence-electron chi connectivity index (χ2n) is 2.56. The number of aliphatic imine (C=N–C) groups is 1. The van der Waals surface area contributed by atoms with Gasteiger partial charge in [0.15, 0.2) is 0 Å². The molecule has 0 aliphatic carbocycles. The van der Waals surface area contributed by atoms with E-state index in [1.54, 1.807) is 0 Å². The van der Waals surface area contributed by atoms with E-state index in [4.69, 9.17) is 0 Å². The molecular weight excluding hydrogens is 98.1 g/mol. The van der Waals surface area contributed by atoms with Crippen LogP contribution in [0, 0.1) is 5.92 Å². The molecule has 0 heterocycles. The second kappa shape index (κ2) is 3.65. The molecule has 0 aromatic carbocycles. The fourth-order valence-electron chi connectivity index (χ4n) is 0.682. The number of rotatable bonds is 2. The van der Waals surface area contributed by atoms with Gasteiger partial charge in [0.25, 0.3) is 0 Å². The van der Waals surface area contributed by atoms with Gasteiger partial charge in [-0.05, 0) is 19.3 Å². The molecule has 1 nitrogen and oxygen atoms in total. The standard InChI is InChI=1S/C7H15N/c1-6(2)5-7(3)8-4/h6H,5H2,1-4H3/b8-7+. The third-order valence-corrected chi connectivity index (χ3v) is 1.09. The normalized spacial score (nSPS) is 12.9. The predicted molar refractivity (Wildman–Crippen MR) is 38.5 cm³/mol. The van der Waals surface area contributed by atoms with Crippen LogP contribution in [0.3, 0.4) is 0 Å². The average Bonchev–Trinajstić information content (AvgIpc) is 1.65. The van der Waals surface area contributed by atoms with E-state index < -0.39 is 0 Å². The zero-order valence-electron chi connectivity index (χ0n) is 6.23. The van der Waals surface area contributed by atoms with Crippen molar-refractivity contribution in [2.75, 3.05) is 7.05 Å². The largest absolute Gasteiger partial charge is 0.298 e. The Labute approximate surface area is 51.8 Å². The summed E-state index contributed by atoms with van der Waals surface area (Å²) in [6.45, 7) is 6.48. The van der Waals surface area contributed by atoms with Gasteiger partial charge in [0, 0.05) is 12.8 Å². The molecule has 0 aromatic rings. The molecule has 0 aromatic heterocycles. The van der Waals surface area contributed by atoms with Crippen LogP contribution in [-0.4, -0.2) is 12.8 Å². The molecule has 0 N–H and O–H groups in total. The zero-order valence-corrected chi connectivity index (χ0v) is 6.23. The molecule has 0 saturated carbocycles. The molecule has 0 amide bonds. The van der Waals surface area contributed by atoms with Crippen molar-refractivity contribution in [2.45, 2.75) is 27.2 Å². The van der Waals surface area contributed by atoms with Crippen molar-refractivity contribution in [3.8, 4) is 0 Å². The first-order valence-electron chi connectivity index (χ1n) is 3.09. The van der Waals surface area contributed by atoms with E-state index in [0.717, 1.165) is 12.3 Å². The quantitative estimate of drug-likeness (QED) is 0.486. The van der Waals surface area contributed by atoms with Crippen LogP contribution in [0.1, 0.15) is 27.2 Å². The number of hydrogen-bond acceptors (Lipinski definition) is 1. The van der Waals surface area contributed by atoms with Crippen molar-refractivity contribution in [1.82, 2.24) is 0 Å². The summed E-state index contributed by atoms with van der Waals surface area (Å²) < 4.78 is 0. The van der Waals surface area contributed by atoms with E-state index >= 15 is 0 Å². The van der Waals surface area contributed by atoms with Gasteiger partial charge in [-0.2, -0.15) is 0 Å². The molecule has 0 radical (unpaired) electrons. The highest BCUT2D eigenvalue weighted by molar-refractivity contribution is 5.81. The van der Waals surface area contributed by atoms with Crippen molar-refractivity contribution >= 4 is 5.71 Å². The molecule has 48 valence electrons. The van der Waals surface area contributed by atoms with Crippen LogP contribution in [0.15, 0.2) is 4.99 Å². The van der Waals surface area contributed by atoms with Crippen molar-refractivity contribution in [3.63, 3.8) is 0 Å². The van der Waals surface area contributed by atoms with Gasteiger partial charge in [0.05, 0.1) is 0 Å². The first-order valence-corrected chi connectivity index (χ1v) is 3.09. The molecule has 0 aliphatic heterocycles. The minimum atomic E-state index is 0.749. The summed E-state index contributed by atoms with van der Waals surface area (Å²) in [5, 5.41) is 0. The first kappa shape index (κ1) is 7.67. The van der Waals surface area contributed by atoms with Crippen LogP contribution >= 0.6 is 0 Å². The van der Waals surface area contributed by atoms with Gasteiger partial charge in [0.2, 0.25) is 0 Å². The van der Waals surface area contributed by atoms with E-state index in [1.807, 2.05) is 7.05 Å². The Bertz CT molecular complexity index is 82.4. The molecule has 0 bridgehead atoms. The molecule has 0 rings (SSSR count). The molecule has 0 saturated heterocycles. The maximum atomic E-state index is 4.05. The summed E-state index contributed by atoms with van der Waals surface area (Å²) in [6.07, 6.45) is 1.14. The average molecular weight is 113 g/mol. The van der Waals surface area contributed by atoms with Crippen LogP contribution in [0.25, 0.3) is 0 Å². The van der Waals surface area contributed by atoms with Gasteiger partial charge >= 0.3 is 0 Å². The highest BCUT2D eigenvalue weighted by atomic mass is 14.7. The molecule has 8 heavy (non-hydrogen) atoms. The van der Waals surface area contributed by atoms with Gasteiger partial charge in [-0.25, -0.2) is 0 Å². The topological polar surface area (TPSA) is 12.4 Å². The monoisotopic (exact) mass is 113 g/mol. The molecule has 1 heteroatoms. The third-order valence-electron chi connectivity index (χ3n) is 1.09. The summed E-state index contributed by atoms with van der Waals surface area (Å²) >= 11 is 0. The van der Waals surface area contributed by atoms with Crippen LogP contribution in [0.5, 0.6) is 0 Å². The van der Waals surface area contributed by atoms with E-state index in [1.165, 1.54) is 5.71 Å². The zero-order chi connectivity index (χ0) is 6.57. The number of nitrogens with zero attached hydrogens (tertiary/aromatic N) is 1. The SMILES string of the molecule is C/N=C(\C)CC(C)C. The molecule has 0 fully saturated rings. The van der Waals surface area contributed by atoms with Crippen LogP contribution in [0.4, 0.5) is 0 Å². The summed E-state index contributed by atoms with van der Waals surface area (Å²) in [5.74, 6) is 0.749. The lowest BCUT2D eigenvalue weighted by molar-refractivity contribution is 0.682. The fourth-order valence-corrected chi connectivity index (χ4v) is 0.682. The Morgan fingerprint density at radius 2 is 2.00 bits per heavy atom. The van der Waals surface area contributed by atoms with Gasteiger partial charge < -0.3 is 0 Å². The first-order chi connectivity index (χ1) is 3.66. The van der Waals surface area contributed by atoms with Crippen molar-refractivity contribution < 1.29 is 0 Å². The third kappa shape index (κ3) is 3.85. The maximum absolute atomic E-state index is 4.05. The smallest absolute Gasteiger partial charge is 0.0276 e. The summed E-state index contributed by atoms with van der Waals surface area (Å²) in [7, 11) is 1.84. The lowest BCUT2D eigenvalue weighted by atomic mass is 10.1. The Hall–Kier alpha value is -0.330. The number of hydrogen-bond donors (Lipinski definition) is 0. The molecule has 0 atom stereocenters. The predicted octanol–water partition coefficient (Wildman–Crippen LogP) is 2.12. The summed E-state index contributed by atoms with van der Waals surface area (Å²) in [6, 6.07) is 0. The Morgan fingerprint density at radius 3 is 2.12 bits per heavy atom. The summed E-state index contributed by atoms with van der Waals surface area (Å²) in [4.78, 5) is 4.05. The minimum Gasteiger partial charge on any atom is -0.298 e. The highest BCUT2D eigenvalue weighted by Crippen LogP contribution is 1.99. The minimum absolute atomic E-state index is 0.749. The highest BCUT2D eigenvalue weighted by Gasteiger charge is 1.93. The van der Waals surface area contributed by atoms with Gasteiger partial charge in [-0.1, -0.05) is 13.8 Å². The maximum Gasteiger partial charge on any atom is 0.0276 e. The molecular formula is C7H15N. The lowest BCUT2D eigenvalue weighted by Crippen LogP contribution is -1.96. The van der Waals surface area contributed by atoms with Gasteiger partial charge in [-0.15, -0.1) is 0 Å². The van der Waals surface area contributed by atoms with E-state index in [0.29, 0.717) is 0 Å². The fraction of sp³-hybridized carbons (Fsp3) is 0.857. The van der Waals surface area contributed by atoms with Crippen LogP contribution in [0.2, 0.25) is 0 Å². The second-order valence-corrected chi connectivity index (χ2v) is 2.56. The van der Waals surface area contributed by atoms with E-state index in [9.17, 15) is 0 Å². The Kier molecular flexibility index (Phi) is 3.49. The van der Waals surface area contributed by atoms with Gasteiger partial charge in [-0.3, -0.25) is 4.99 Å². The van der Waals surface area contributed by atoms with Crippen molar-refractivity contribution in [1.29, 1.82) is 0 Å². The van der Waals surface area contributed by atoms with Crippen LogP contribution in [-0.2, 0) is 0 Å². The Morgan fingerprint density at radius 1 is 1.50 bits per heavy atom. The van der Waals surface area contributed by atoms with E-state index in [2.05, 4.69) is 25.8 Å². The molecule has 0 aliphatic rings. The van der Waals surface area contributed by atoms with Gasteiger partial charge in [0.1, 0.15) is 0 Å². The Balaban J connectivity index is 3.39. The van der Waals surface area contributed by atoms with Crippen molar-refractivity contribution in [2.24, 2.45) is 10.9 Å². The van der Waals surface area contributed by atoms with Crippen LogP contribution < -0.4 is 0 Å². The molecule has 0 unspecified atom stereocenters. The van der Waals surface area contributed by atoms with Crippen molar-refractivity contribution in [3.05, 3.63) is 0 Å². The lowest BCUT2D eigenvalue weighted by Gasteiger charge is -2.00. The van der Waals surface area contributed by atoms with E-state index in [-0.39, 0.29) is 0 Å². The summed E-state index contributed by atoms with van der Waals surface area (Å²) in [5.41, 5.74) is 1.25.